The molecule has 2 rings (SSSR count). The number of guanidine groups is 1. The monoisotopic (exact) mass is 471 g/mol. The third kappa shape index (κ3) is 9.68. The Morgan fingerprint density at radius 3 is 2.79 bits per heavy atom. The molecule has 142 valence electrons. The van der Waals surface area contributed by atoms with Crippen molar-refractivity contribution in [2.24, 2.45) is 10.9 Å². The number of thioether (sulfide) groups is 1. The highest BCUT2D eigenvalue weighted by atomic mass is 127. The number of rotatable bonds is 9. The van der Waals surface area contributed by atoms with Gasteiger partial charge in [-0.3, -0.25) is 4.99 Å². The highest BCUT2D eigenvalue weighted by Crippen LogP contribution is 2.25. The van der Waals surface area contributed by atoms with Gasteiger partial charge in [-0.15, -0.1) is 24.0 Å². The van der Waals surface area contributed by atoms with Crippen LogP contribution in [0.3, 0.4) is 0 Å². The summed E-state index contributed by atoms with van der Waals surface area (Å²) in [5, 5.41) is 7.45. The van der Waals surface area contributed by atoms with Gasteiger partial charge in [-0.25, -0.2) is 0 Å². The van der Waals surface area contributed by atoms with Crippen molar-refractivity contribution in [2.75, 3.05) is 51.8 Å². The van der Waals surface area contributed by atoms with E-state index in [1.165, 1.54) is 18.6 Å². The molecule has 0 aromatic carbocycles. The highest BCUT2D eigenvalue weighted by molar-refractivity contribution is 14.0. The maximum Gasteiger partial charge on any atom is 0.191 e. The van der Waals surface area contributed by atoms with E-state index < -0.39 is 0 Å². The second kappa shape index (κ2) is 14.4. The Morgan fingerprint density at radius 1 is 1.25 bits per heavy atom. The molecular weight excluding hydrogens is 437 g/mol. The van der Waals surface area contributed by atoms with Crippen LogP contribution in [0.25, 0.3) is 0 Å². The Hall–Kier alpha value is 0.270. The van der Waals surface area contributed by atoms with Gasteiger partial charge in [-0.05, 0) is 50.7 Å². The Kier molecular flexibility index (Phi) is 13.4. The summed E-state index contributed by atoms with van der Waals surface area (Å²) in [6.07, 6.45) is 5.97. The second-order valence-corrected chi connectivity index (χ2v) is 7.67. The van der Waals surface area contributed by atoms with E-state index >= 15 is 0 Å². The summed E-state index contributed by atoms with van der Waals surface area (Å²) in [6, 6.07) is 0. The van der Waals surface area contributed by atoms with Crippen LogP contribution in [-0.2, 0) is 9.47 Å². The minimum absolute atomic E-state index is 0. The van der Waals surface area contributed by atoms with Crippen LogP contribution in [0.2, 0.25) is 0 Å². The van der Waals surface area contributed by atoms with Crippen molar-refractivity contribution in [1.29, 1.82) is 0 Å². The summed E-state index contributed by atoms with van der Waals surface area (Å²) in [6.45, 7) is 8.37. The Balaban J connectivity index is 0.00000288. The van der Waals surface area contributed by atoms with Crippen molar-refractivity contribution in [3.8, 4) is 0 Å². The summed E-state index contributed by atoms with van der Waals surface area (Å²) >= 11 is 2.06. The molecule has 5 nitrogen and oxygen atoms in total. The summed E-state index contributed by atoms with van der Waals surface area (Å²) in [5.74, 6) is 2.94. The minimum atomic E-state index is 0. The first kappa shape index (κ1) is 22.3. The van der Waals surface area contributed by atoms with Gasteiger partial charge in [0.15, 0.2) is 5.96 Å². The fourth-order valence-corrected chi connectivity index (χ4v) is 4.05. The summed E-state index contributed by atoms with van der Waals surface area (Å²) in [7, 11) is 0. The smallest absolute Gasteiger partial charge is 0.191 e. The summed E-state index contributed by atoms with van der Waals surface area (Å²) in [5.41, 5.74) is 0. The molecule has 0 aromatic rings. The quantitative estimate of drug-likeness (QED) is 0.235. The van der Waals surface area contributed by atoms with E-state index in [-0.39, 0.29) is 24.0 Å². The predicted molar refractivity (Wildman–Crippen MR) is 114 cm³/mol. The minimum Gasteiger partial charge on any atom is -0.381 e. The van der Waals surface area contributed by atoms with E-state index in [0.717, 1.165) is 71.3 Å². The van der Waals surface area contributed by atoms with Crippen LogP contribution in [0.15, 0.2) is 4.99 Å². The third-order valence-corrected chi connectivity index (χ3v) is 5.65. The molecule has 0 radical (unpaired) electrons. The SMILES string of the molecule is CCNC(=NCC1CCCS1)NCCCOCC1CCOCC1.I. The molecule has 2 aliphatic rings. The van der Waals surface area contributed by atoms with E-state index in [2.05, 4.69) is 29.3 Å². The van der Waals surface area contributed by atoms with E-state index in [9.17, 15) is 0 Å². The molecular formula is C17H34IN3O2S. The van der Waals surface area contributed by atoms with Crippen molar-refractivity contribution < 1.29 is 9.47 Å². The van der Waals surface area contributed by atoms with Gasteiger partial charge in [0.1, 0.15) is 0 Å². The number of nitrogens with one attached hydrogen (secondary N) is 2. The van der Waals surface area contributed by atoms with Crippen molar-refractivity contribution in [1.82, 2.24) is 10.6 Å². The number of hydrogen-bond acceptors (Lipinski definition) is 4. The maximum atomic E-state index is 5.80. The molecule has 0 spiro atoms. The second-order valence-electron chi connectivity index (χ2n) is 6.27. The normalized spacial score (nSPS) is 22.2. The zero-order valence-electron chi connectivity index (χ0n) is 14.9. The highest BCUT2D eigenvalue weighted by Gasteiger charge is 2.15. The molecule has 1 atom stereocenters. The van der Waals surface area contributed by atoms with E-state index in [1.807, 2.05) is 0 Å². The number of ether oxygens (including phenoxy) is 2. The lowest BCUT2D eigenvalue weighted by Crippen LogP contribution is -2.38. The van der Waals surface area contributed by atoms with Crippen LogP contribution in [0.1, 0.15) is 39.0 Å². The summed E-state index contributed by atoms with van der Waals surface area (Å²) < 4.78 is 11.2. The number of halogens is 1. The Morgan fingerprint density at radius 2 is 2.08 bits per heavy atom. The van der Waals surface area contributed by atoms with Gasteiger partial charge in [0.2, 0.25) is 0 Å². The lowest BCUT2D eigenvalue weighted by molar-refractivity contribution is 0.0203. The Bertz CT molecular complexity index is 336. The lowest BCUT2D eigenvalue weighted by Gasteiger charge is -2.21. The van der Waals surface area contributed by atoms with E-state index in [0.29, 0.717) is 11.2 Å². The van der Waals surface area contributed by atoms with Crippen LogP contribution in [0.5, 0.6) is 0 Å². The summed E-state index contributed by atoms with van der Waals surface area (Å²) in [4.78, 5) is 4.71. The molecule has 2 fully saturated rings. The molecule has 2 heterocycles. The van der Waals surface area contributed by atoms with Gasteiger partial charge in [0.25, 0.3) is 0 Å². The molecule has 24 heavy (non-hydrogen) atoms. The topological polar surface area (TPSA) is 54.9 Å². The first-order valence-corrected chi connectivity index (χ1v) is 10.2. The first-order chi connectivity index (χ1) is 11.4. The van der Waals surface area contributed by atoms with E-state index in [1.54, 1.807) is 0 Å². The molecule has 0 aromatic heterocycles. The van der Waals surface area contributed by atoms with Crippen LogP contribution < -0.4 is 10.6 Å². The van der Waals surface area contributed by atoms with Gasteiger partial charge < -0.3 is 20.1 Å². The number of hydrogen-bond donors (Lipinski definition) is 2. The standard InChI is InChI=1S/C17H33N3O2S.HI/c1-2-18-17(20-13-16-5-3-12-23-16)19-8-4-9-22-14-15-6-10-21-11-7-15;/h15-16H,2-14H2,1H3,(H2,18,19,20);1H. The Labute approximate surface area is 168 Å². The molecule has 2 saturated heterocycles. The van der Waals surface area contributed by atoms with Crippen molar-refractivity contribution >= 4 is 41.7 Å². The van der Waals surface area contributed by atoms with Crippen molar-refractivity contribution in [2.45, 2.75) is 44.3 Å². The maximum absolute atomic E-state index is 5.80. The van der Waals surface area contributed by atoms with Gasteiger partial charge in [0.05, 0.1) is 6.54 Å². The average molecular weight is 471 g/mol. The molecule has 7 heteroatoms. The molecule has 0 amide bonds. The molecule has 1 unspecified atom stereocenters. The molecule has 0 aliphatic carbocycles. The zero-order chi connectivity index (χ0) is 16.2. The van der Waals surface area contributed by atoms with Crippen molar-refractivity contribution in [3.63, 3.8) is 0 Å². The zero-order valence-corrected chi connectivity index (χ0v) is 18.1. The predicted octanol–water partition coefficient (Wildman–Crippen LogP) is 2.89. The van der Waals surface area contributed by atoms with Crippen LogP contribution in [-0.4, -0.2) is 63.0 Å². The van der Waals surface area contributed by atoms with Gasteiger partial charge >= 0.3 is 0 Å². The fourth-order valence-electron chi connectivity index (χ4n) is 2.87. The first-order valence-electron chi connectivity index (χ1n) is 9.17. The third-order valence-electron chi connectivity index (χ3n) is 4.27. The van der Waals surface area contributed by atoms with Gasteiger partial charge in [-0.2, -0.15) is 11.8 Å². The lowest BCUT2D eigenvalue weighted by atomic mass is 10.0. The van der Waals surface area contributed by atoms with Gasteiger partial charge in [0, 0.05) is 44.8 Å². The van der Waals surface area contributed by atoms with Crippen LogP contribution in [0, 0.1) is 5.92 Å². The van der Waals surface area contributed by atoms with Crippen LogP contribution in [0.4, 0.5) is 0 Å². The largest absolute Gasteiger partial charge is 0.381 e. The number of nitrogens with zero attached hydrogens (tertiary/aromatic N) is 1. The van der Waals surface area contributed by atoms with Crippen molar-refractivity contribution in [3.05, 3.63) is 0 Å². The number of aliphatic imine (C=N–C) groups is 1. The molecule has 0 saturated carbocycles. The molecule has 2 N–H and O–H groups in total. The fraction of sp³-hybridized carbons (Fsp3) is 0.941. The van der Waals surface area contributed by atoms with Crippen LogP contribution >= 0.6 is 35.7 Å². The molecule has 2 aliphatic heterocycles. The van der Waals surface area contributed by atoms with E-state index in [4.69, 9.17) is 14.5 Å². The molecule has 0 bridgehead atoms. The van der Waals surface area contributed by atoms with Gasteiger partial charge in [-0.1, -0.05) is 0 Å². The average Bonchev–Trinajstić information content (AvgIpc) is 3.10.